The smallest absolute Gasteiger partial charge is 0.230 e. The van der Waals surface area contributed by atoms with E-state index in [0.29, 0.717) is 17.2 Å². The second kappa shape index (κ2) is 2.85. The number of rotatable bonds is 0. The average Bonchev–Trinajstić information content (AvgIpc) is 2.48. The molecule has 1 aliphatic carbocycles. The predicted molar refractivity (Wildman–Crippen MR) is 48.7 cm³/mol. The summed E-state index contributed by atoms with van der Waals surface area (Å²) in [6, 6.07) is 0. The van der Waals surface area contributed by atoms with Gasteiger partial charge in [0.1, 0.15) is 5.38 Å². The number of halogens is 2. The maximum atomic E-state index is 6.03. The summed E-state index contributed by atoms with van der Waals surface area (Å²) < 4.78 is 10.3. The monoisotopic (exact) mass is 251 g/mol. The number of hydrogen-bond donors (Lipinski definition) is 1. The lowest BCUT2D eigenvalue weighted by Crippen LogP contribution is -2.27. The Morgan fingerprint density at radius 3 is 3.08 bits per heavy atom. The fourth-order valence-corrected chi connectivity index (χ4v) is 1.85. The maximum absolute atomic E-state index is 6.03. The highest BCUT2D eigenvalue weighted by molar-refractivity contribution is 9.09. The van der Waals surface area contributed by atoms with Crippen molar-refractivity contribution >= 4 is 27.5 Å². The summed E-state index contributed by atoms with van der Waals surface area (Å²) in [5.41, 5.74) is 6.35. The van der Waals surface area contributed by atoms with Gasteiger partial charge in [0, 0.05) is 11.8 Å². The van der Waals surface area contributed by atoms with Crippen molar-refractivity contribution in [3.63, 3.8) is 0 Å². The van der Waals surface area contributed by atoms with Crippen LogP contribution in [0.1, 0.15) is 0 Å². The fraction of sp³-hybridized carbons (Fsp3) is 0.429. The van der Waals surface area contributed by atoms with Gasteiger partial charge in [0.15, 0.2) is 11.5 Å². The highest BCUT2D eigenvalue weighted by atomic mass is 79.9. The SMILES string of the molecule is NC1=CC2=C(OCO2)C(Cl)C1Br. The third-order valence-electron chi connectivity index (χ3n) is 1.80. The van der Waals surface area contributed by atoms with Gasteiger partial charge in [-0.1, -0.05) is 15.9 Å². The minimum Gasteiger partial charge on any atom is -0.456 e. The van der Waals surface area contributed by atoms with Gasteiger partial charge in [0.2, 0.25) is 6.79 Å². The third-order valence-corrected chi connectivity index (χ3v) is 3.61. The van der Waals surface area contributed by atoms with Crippen LogP contribution >= 0.6 is 27.5 Å². The van der Waals surface area contributed by atoms with Crippen molar-refractivity contribution in [2.75, 3.05) is 6.79 Å². The van der Waals surface area contributed by atoms with Crippen LogP contribution in [-0.2, 0) is 9.47 Å². The van der Waals surface area contributed by atoms with Gasteiger partial charge in [-0.3, -0.25) is 0 Å². The number of hydrogen-bond acceptors (Lipinski definition) is 3. The van der Waals surface area contributed by atoms with Crippen LogP contribution in [0.25, 0.3) is 0 Å². The first-order valence-electron chi connectivity index (χ1n) is 3.45. The van der Waals surface area contributed by atoms with Crippen LogP contribution in [0.2, 0.25) is 0 Å². The molecule has 1 aliphatic heterocycles. The molecule has 3 nitrogen and oxygen atoms in total. The molecule has 0 aromatic heterocycles. The van der Waals surface area contributed by atoms with Crippen molar-refractivity contribution in [3.05, 3.63) is 23.3 Å². The van der Waals surface area contributed by atoms with Crippen LogP contribution in [0.3, 0.4) is 0 Å². The van der Waals surface area contributed by atoms with E-state index in [2.05, 4.69) is 15.9 Å². The van der Waals surface area contributed by atoms with Gasteiger partial charge in [-0.05, 0) is 0 Å². The first-order valence-corrected chi connectivity index (χ1v) is 4.80. The highest BCUT2D eigenvalue weighted by Gasteiger charge is 2.34. The van der Waals surface area contributed by atoms with Gasteiger partial charge in [0.25, 0.3) is 0 Å². The zero-order chi connectivity index (χ0) is 8.72. The van der Waals surface area contributed by atoms with Gasteiger partial charge < -0.3 is 15.2 Å². The van der Waals surface area contributed by atoms with E-state index in [-0.39, 0.29) is 17.0 Å². The Bertz CT molecular complexity index is 277. The number of nitrogens with two attached hydrogens (primary N) is 1. The van der Waals surface area contributed by atoms with E-state index in [9.17, 15) is 0 Å². The van der Waals surface area contributed by atoms with E-state index >= 15 is 0 Å². The van der Waals surface area contributed by atoms with E-state index in [4.69, 9.17) is 26.8 Å². The molecule has 0 radical (unpaired) electrons. The second-order valence-corrected chi connectivity index (χ2v) is 4.04. The molecular formula is C7H7BrClNO2. The minimum atomic E-state index is -0.271. The Morgan fingerprint density at radius 1 is 1.58 bits per heavy atom. The van der Waals surface area contributed by atoms with Crippen molar-refractivity contribution in [2.24, 2.45) is 5.73 Å². The first kappa shape index (κ1) is 8.26. The summed E-state index contributed by atoms with van der Waals surface area (Å²) >= 11 is 9.39. The van der Waals surface area contributed by atoms with E-state index in [1.165, 1.54) is 0 Å². The van der Waals surface area contributed by atoms with Gasteiger partial charge in [-0.25, -0.2) is 0 Å². The van der Waals surface area contributed by atoms with Crippen LogP contribution in [0, 0.1) is 0 Å². The summed E-state index contributed by atoms with van der Waals surface area (Å²) in [6.07, 6.45) is 1.74. The van der Waals surface area contributed by atoms with Crippen molar-refractivity contribution in [1.29, 1.82) is 0 Å². The van der Waals surface area contributed by atoms with E-state index in [1.54, 1.807) is 6.08 Å². The third kappa shape index (κ3) is 1.10. The molecule has 66 valence electrons. The molecule has 1 heterocycles. The van der Waals surface area contributed by atoms with Crippen LogP contribution < -0.4 is 5.73 Å². The molecule has 2 N–H and O–H groups in total. The van der Waals surface area contributed by atoms with E-state index in [0.717, 1.165) is 0 Å². The molecule has 2 aliphatic rings. The van der Waals surface area contributed by atoms with Crippen molar-refractivity contribution in [3.8, 4) is 0 Å². The standard InChI is InChI=1S/C7H7BrClNO2/c8-5-3(10)1-4-7(6(5)9)12-2-11-4/h1,5-6H,2,10H2. The minimum absolute atomic E-state index is 0.0698. The summed E-state index contributed by atoms with van der Waals surface area (Å²) in [6.45, 7) is 0.234. The quantitative estimate of drug-likeness (QED) is 0.663. The second-order valence-electron chi connectivity index (χ2n) is 2.58. The topological polar surface area (TPSA) is 44.5 Å². The van der Waals surface area contributed by atoms with Crippen molar-refractivity contribution in [2.45, 2.75) is 10.2 Å². The van der Waals surface area contributed by atoms with Crippen LogP contribution in [0.4, 0.5) is 0 Å². The van der Waals surface area contributed by atoms with Crippen molar-refractivity contribution in [1.82, 2.24) is 0 Å². The van der Waals surface area contributed by atoms with E-state index in [1.807, 2.05) is 0 Å². The summed E-state index contributed by atoms with van der Waals surface area (Å²) in [5, 5.41) is -0.271. The Morgan fingerprint density at radius 2 is 2.33 bits per heavy atom. The Hall–Kier alpha value is -0.350. The van der Waals surface area contributed by atoms with Gasteiger partial charge in [-0.15, -0.1) is 11.6 Å². The largest absolute Gasteiger partial charge is 0.456 e. The highest BCUT2D eigenvalue weighted by Crippen LogP contribution is 2.35. The van der Waals surface area contributed by atoms with Crippen molar-refractivity contribution < 1.29 is 9.47 Å². The van der Waals surface area contributed by atoms with Crippen LogP contribution in [-0.4, -0.2) is 17.0 Å². The molecule has 0 saturated heterocycles. The lowest BCUT2D eigenvalue weighted by Gasteiger charge is -2.20. The van der Waals surface area contributed by atoms with Gasteiger partial charge in [-0.2, -0.15) is 0 Å². The van der Waals surface area contributed by atoms with Crippen LogP contribution in [0.5, 0.6) is 0 Å². The first-order chi connectivity index (χ1) is 5.70. The molecule has 2 atom stereocenters. The predicted octanol–water partition coefficient (Wildman–Crippen LogP) is 1.43. The number of alkyl halides is 2. The number of ether oxygens (including phenoxy) is 2. The molecule has 5 heteroatoms. The van der Waals surface area contributed by atoms with Gasteiger partial charge >= 0.3 is 0 Å². The molecular weight excluding hydrogens is 245 g/mol. The Kier molecular flexibility index (Phi) is 1.96. The normalized spacial score (nSPS) is 33.7. The Labute approximate surface area is 83.3 Å². The lowest BCUT2D eigenvalue weighted by atomic mass is 10.1. The zero-order valence-corrected chi connectivity index (χ0v) is 8.43. The lowest BCUT2D eigenvalue weighted by molar-refractivity contribution is 0.0734. The molecule has 0 saturated carbocycles. The van der Waals surface area contributed by atoms with E-state index < -0.39 is 0 Å². The van der Waals surface area contributed by atoms with Gasteiger partial charge in [0.05, 0.1) is 4.83 Å². The molecule has 0 amide bonds. The number of allylic oxidation sites excluding steroid dienone is 3. The fourth-order valence-electron chi connectivity index (χ4n) is 1.16. The zero-order valence-electron chi connectivity index (χ0n) is 6.09. The maximum Gasteiger partial charge on any atom is 0.230 e. The molecule has 2 unspecified atom stereocenters. The summed E-state index contributed by atoms with van der Waals surface area (Å²) in [7, 11) is 0. The molecule has 0 aromatic carbocycles. The summed E-state index contributed by atoms with van der Waals surface area (Å²) in [4.78, 5) is -0.0698. The molecule has 2 rings (SSSR count). The molecule has 12 heavy (non-hydrogen) atoms. The molecule has 0 spiro atoms. The van der Waals surface area contributed by atoms with Crippen LogP contribution in [0.15, 0.2) is 23.3 Å². The Balaban J connectivity index is 2.36. The summed E-state index contributed by atoms with van der Waals surface area (Å²) in [5.74, 6) is 1.33. The molecule has 0 bridgehead atoms. The molecule has 0 fully saturated rings. The molecule has 0 aromatic rings. The average molecular weight is 252 g/mol.